The van der Waals surface area contributed by atoms with Crippen LogP contribution >= 0.6 is 0 Å². The maximum absolute atomic E-state index is 12.6. The first kappa shape index (κ1) is 13.9. The number of carbonyl (C=O) groups is 2. The monoisotopic (exact) mass is 278 g/mol. The van der Waals surface area contributed by atoms with Gasteiger partial charge in [0.15, 0.2) is 0 Å². The van der Waals surface area contributed by atoms with Crippen molar-refractivity contribution in [2.24, 2.45) is 23.7 Å². The molecule has 0 aromatic carbocycles. The molecule has 2 bridgehead atoms. The summed E-state index contributed by atoms with van der Waals surface area (Å²) in [5.41, 5.74) is 0. The topological polar surface area (TPSA) is 49.4 Å². The quantitative estimate of drug-likeness (QED) is 0.855. The first-order chi connectivity index (χ1) is 9.47. The van der Waals surface area contributed by atoms with Gasteiger partial charge < -0.3 is 10.2 Å². The SMILES string of the molecule is CC(C)C1NC(=O)CN(C(C)C2CC3CCC2C3)C1=O. The standard InChI is InChI=1S/C16H26N2O2/c1-9(2)15-16(20)18(8-14(19)17-15)10(3)13-7-11-4-5-12(13)6-11/h9-13,15H,4-8H2,1-3H3,(H,17,19). The highest BCUT2D eigenvalue weighted by atomic mass is 16.2. The van der Waals surface area contributed by atoms with Crippen LogP contribution in [0.1, 0.15) is 46.5 Å². The summed E-state index contributed by atoms with van der Waals surface area (Å²) in [6.07, 6.45) is 5.29. The number of fused-ring (bicyclic) bond motifs is 2. The van der Waals surface area contributed by atoms with Crippen LogP contribution in [-0.4, -0.2) is 35.3 Å². The Labute approximate surface area is 121 Å². The van der Waals surface area contributed by atoms with Crippen molar-refractivity contribution in [2.45, 2.75) is 58.5 Å². The molecule has 5 atom stereocenters. The summed E-state index contributed by atoms with van der Waals surface area (Å²) in [6, 6.07) is -0.123. The molecule has 112 valence electrons. The van der Waals surface area contributed by atoms with E-state index in [4.69, 9.17) is 0 Å². The number of piperazine rings is 1. The Morgan fingerprint density at radius 2 is 1.90 bits per heavy atom. The molecule has 1 heterocycles. The summed E-state index contributed by atoms with van der Waals surface area (Å²) < 4.78 is 0. The lowest BCUT2D eigenvalue weighted by Crippen LogP contribution is -2.62. The molecule has 1 saturated heterocycles. The van der Waals surface area contributed by atoms with Crippen molar-refractivity contribution >= 4 is 11.8 Å². The molecule has 3 rings (SSSR count). The number of rotatable bonds is 3. The number of amides is 2. The molecule has 20 heavy (non-hydrogen) atoms. The van der Waals surface area contributed by atoms with Crippen molar-refractivity contribution < 1.29 is 9.59 Å². The van der Waals surface area contributed by atoms with Crippen molar-refractivity contribution in [1.82, 2.24) is 10.2 Å². The van der Waals surface area contributed by atoms with Crippen LogP contribution < -0.4 is 5.32 Å². The fourth-order valence-corrected chi connectivity index (χ4v) is 4.60. The van der Waals surface area contributed by atoms with Crippen molar-refractivity contribution in [3.8, 4) is 0 Å². The predicted octanol–water partition coefficient (Wildman–Crippen LogP) is 1.79. The van der Waals surface area contributed by atoms with E-state index in [2.05, 4.69) is 12.2 Å². The molecule has 3 aliphatic rings. The zero-order valence-corrected chi connectivity index (χ0v) is 12.8. The summed E-state index contributed by atoms with van der Waals surface area (Å²) in [7, 11) is 0. The van der Waals surface area contributed by atoms with Crippen LogP contribution in [0.4, 0.5) is 0 Å². The Bertz CT molecular complexity index is 421. The summed E-state index contributed by atoms with van der Waals surface area (Å²) in [5.74, 6) is 2.54. The molecular formula is C16H26N2O2. The van der Waals surface area contributed by atoms with Crippen molar-refractivity contribution in [1.29, 1.82) is 0 Å². The average Bonchev–Trinajstić information content (AvgIpc) is 3.02. The summed E-state index contributed by atoms with van der Waals surface area (Å²) in [4.78, 5) is 26.4. The number of hydrogen-bond donors (Lipinski definition) is 1. The number of nitrogens with one attached hydrogen (secondary N) is 1. The van der Waals surface area contributed by atoms with Crippen molar-refractivity contribution in [3.05, 3.63) is 0 Å². The van der Waals surface area contributed by atoms with Gasteiger partial charge in [0.2, 0.25) is 11.8 Å². The van der Waals surface area contributed by atoms with E-state index < -0.39 is 0 Å². The van der Waals surface area contributed by atoms with E-state index in [-0.39, 0.29) is 36.4 Å². The van der Waals surface area contributed by atoms with Crippen molar-refractivity contribution in [2.75, 3.05) is 6.54 Å². The molecule has 1 N–H and O–H groups in total. The minimum Gasteiger partial charge on any atom is -0.343 e. The van der Waals surface area contributed by atoms with Gasteiger partial charge in [-0.3, -0.25) is 9.59 Å². The van der Waals surface area contributed by atoms with Gasteiger partial charge in [-0.2, -0.15) is 0 Å². The maximum atomic E-state index is 12.6. The van der Waals surface area contributed by atoms with Crippen LogP contribution in [0.25, 0.3) is 0 Å². The summed E-state index contributed by atoms with van der Waals surface area (Å²) in [5, 5.41) is 2.84. The molecule has 4 heteroatoms. The molecule has 2 aliphatic carbocycles. The predicted molar refractivity (Wildman–Crippen MR) is 76.9 cm³/mol. The maximum Gasteiger partial charge on any atom is 0.246 e. The Hall–Kier alpha value is -1.06. The molecule has 0 spiro atoms. The van der Waals surface area contributed by atoms with Crippen LogP contribution in [0.2, 0.25) is 0 Å². The minimum absolute atomic E-state index is 0.00157. The van der Waals surface area contributed by atoms with E-state index >= 15 is 0 Å². The first-order valence-electron chi connectivity index (χ1n) is 8.07. The second-order valence-electron chi connectivity index (χ2n) is 7.33. The minimum atomic E-state index is -0.336. The Morgan fingerprint density at radius 3 is 2.45 bits per heavy atom. The molecular weight excluding hydrogens is 252 g/mol. The second kappa shape index (κ2) is 5.05. The highest BCUT2D eigenvalue weighted by Crippen LogP contribution is 2.50. The lowest BCUT2D eigenvalue weighted by Gasteiger charge is -2.42. The van der Waals surface area contributed by atoms with Gasteiger partial charge in [0.25, 0.3) is 0 Å². The summed E-state index contributed by atoms with van der Waals surface area (Å²) >= 11 is 0. The molecule has 1 aliphatic heterocycles. The lowest BCUT2D eigenvalue weighted by atomic mass is 9.82. The van der Waals surface area contributed by atoms with E-state index in [1.54, 1.807) is 0 Å². The van der Waals surface area contributed by atoms with Crippen LogP contribution in [0.5, 0.6) is 0 Å². The van der Waals surface area contributed by atoms with Gasteiger partial charge in [-0.15, -0.1) is 0 Å². The van der Waals surface area contributed by atoms with E-state index in [9.17, 15) is 9.59 Å². The van der Waals surface area contributed by atoms with Gasteiger partial charge in [0, 0.05) is 6.04 Å². The first-order valence-corrected chi connectivity index (χ1v) is 8.07. The number of carbonyl (C=O) groups excluding carboxylic acids is 2. The molecule has 2 saturated carbocycles. The van der Waals surface area contributed by atoms with Gasteiger partial charge in [-0.1, -0.05) is 20.3 Å². The fraction of sp³-hybridized carbons (Fsp3) is 0.875. The van der Waals surface area contributed by atoms with Crippen LogP contribution in [0.15, 0.2) is 0 Å². The molecule has 5 unspecified atom stereocenters. The average molecular weight is 278 g/mol. The van der Waals surface area contributed by atoms with Gasteiger partial charge in [0.05, 0.1) is 6.54 Å². The lowest BCUT2D eigenvalue weighted by molar-refractivity contribution is -0.149. The Balaban J connectivity index is 1.74. The normalized spacial score (nSPS) is 38.5. The number of hydrogen-bond acceptors (Lipinski definition) is 2. The second-order valence-corrected chi connectivity index (χ2v) is 7.33. The van der Waals surface area contributed by atoms with Gasteiger partial charge >= 0.3 is 0 Å². The Morgan fingerprint density at radius 1 is 1.15 bits per heavy atom. The zero-order valence-electron chi connectivity index (χ0n) is 12.8. The van der Waals surface area contributed by atoms with Crippen LogP contribution in [0.3, 0.4) is 0 Å². The largest absolute Gasteiger partial charge is 0.343 e. The third-order valence-electron chi connectivity index (χ3n) is 5.75. The molecule has 0 radical (unpaired) electrons. The van der Waals surface area contributed by atoms with Crippen LogP contribution in [0, 0.1) is 23.7 Å². The zero-order chi connectivity index (χ0) is 14.4. The van der Waals surface area contributed by atoms with Gasteiger partial charge in [-0.25, -0.2) is 0 Å². The van der Waals surface area contributed by atoms with Gasteiger partial charge in [-0.05, 0) is 49.9 Å². The number of nitrogens with zero attached hydrogens (tertiary/aromatic N) is 1. The molecule has 0 aromatic rings. The van der Waals surface area contributed by atoms with E-state index in [0.717, 1.165) is 11.8 Å². The van der Waals surface area contributed by atoms with Crippen LogP contribution in [-0.2, 0) is 9.59 Å². The highest BCUT2D eigenvalue weighted by Gasteiger charge is 2.46. The highest BCUT2D eigenvalue weighted by molar-refractivity contribution is 5.95. The van der Waals surface area contributed by atoms with Gasteiger partial charge in [0.1, 0.15) is 6.04 Å². The molecule has 3 fully saturated rings. The van der Waals surface area contributed by atoms with E-state index in [1.807, 2.05) is 18.7 Å². The summed E-state index contributed by atoms with van der Waals surface area (Å²) in [6.45, 7) is 6.39. The van der Waals surface area contributed by atoms with Crippen molar-refractivity contribution in [3.63, 3.8) is 0 Å². The molecule has 4 nitrogen and oxygen atoms in total. The van der Waals surface area contributed by atoms with E-state index in [1.165, 1.54) is 25.7 Å². The molecule has 2 amide bonds. The third-order valence-corrected chi connectivity index (χ3v) is 5.75. The fourth-order valence-electron chi connectivity index (χ4n) is 4.60. The third kappa shape index (κ3) is 2.23. The smallest absolute Gasteiger partial charge is 0.246 e. The Kier molecular flexibility index (Phi) is 3.51. The van der Waals surface area contributed by atoms with E-state index in [0.29, 0.717) is 5.92 Å². The molecule has 0 aromatic heterocycles.